The summed E-state index contributed by atoms with van der Waals surface area (Å²) in [5.74, 6) is -0.0381. The molecule has 0 unspecified atom stereocenters. The number of benzene rings is 1. The van der Waals surface area contributed by atoms with E-state index in [4.69, 9.17) is 12.2 Å². The summed E-state index contributed by atoms with van der Waals surface area (Å²) in [6.45, 7) is 6.77. The standard InChI is InChI=1S/C15H23N3OS/c1-15(2,3)17-13(19)11-18(4)14(20)16-10-12-8-6-5-7-9-12/h5-9H,10-11H2,1-4H3,(H,16,20)(H,17,19). The van der Waals surface area contributed by atoms with Gasteiger partial charge in [0, 0.05) is 19.1 Å². The molecule has 110 valence electrons. The Morgan fingerprint density at radius 2 is 1.85 bits per heavy atom. The Labute approximate surface area is 126 Å². The van der Waals surface area contributed by atoms with Crippen LogP contribution >= 0.6 is 12.2 Å². The maximum absolute atomic E-state index is 11.8. The van der Waals surface area contributed by atoms with Gasteiger partial charge in [-0.25, -0.2) is 0 Å². The van der Waals surface area contributed by atoms with Gasteiger partial charge >= 0.3 is 0 Å². The summed E-state index contributed by atoms with van der Waals surface area (Å²) in [6, 6.07) is 10.0. The maximum Gasteiger partial charge on any atom is 0.239 e. The van der Waals surface area contributed by atoms with Crippen molar-refractivity contribution in [2.75, 3.05) is 13.6 Å². The van der Waals surface area contributed by atoms with Gasteiger partial charge in [0.1, 0.15) is 0 Å². The molecule has 0 radical (unpaired) electrons. The van der Waals surface area contributed by atoms with Gasteiger partial charge in [0.15, 0.2) is 5.11 Å². The lowest BCUT2D eigenvalue weighted by molar-refractivity contribution is -0.122. The quantitative estimate of drug-likeness (QED) is 0.832. The van der Waals surface area contributed by atoms with E-state index < -0.39 is 0 Å². The van der Waals surface area contributed by atoms with E-state index in [9.17, 15) is 4.79 Å². The van der Waals surface area contributed by atoms with Crippen molar-refractivity contribution >= 4 is 23.2 Å². The summed E-state index contributed by atoms with van der Waals surface area (Å²) < 4.78 is 0. The number of nitrogens with zero attached hydrogens (tertiary/aromatic N) is 1. The number of hydrogen-bond acceptors (Lipinski definition) is 2. The van der Waals surface area contributed by atoms with Gasteiger partial charge in [-0.15, -0.1) is 0 Å². The Morgan fingerprint density at radius 3 is 2.40 bits per heavy atom. The van der Waals surface area contributed by atoms with Crippen molar-refractivity contribution < 1.29 is 4.79 Å². The smallest absolute Gasteiger partial charge is 0.239 e. The van der Waals surface area contributed by atoms with Gasteiger partial charge in [0.2, 0.25) is 5.91 Å². The van der Waals surface area contributed by atoms with Gasteiger partial charge in [0.05, 0.1) is 6.54 Å². The summed E-state index contributed by atoms with van der Waals surface area (Å²) in [7, 11) is 1.81. The highest BCUT2D eigenvalue weighted by Crippen LogP contribution is 2.00. The molecule has 0 saturated carbocycles. The zero-order chi connectivity index (χ0) is 15.2. The van der Waals surface area contributed by atoms with E-state index in [0.29, 0.717) is 11.7 Å². The fourth-order valence-corrected chi connectivity index (χ4v) is 1.79. The van der Waals surface area contributed by atoms with Crippen LogP contribution in [-0.4, -0.2) is 35.1 Å². The first-order valence-corrected chi connectivity index (χ1v) is 7.02. The van der Waals surface area contributed by atoms with Crippen molar-refractivity contribution in [3.8, 4) is 0 Å². The lowest BCUT2D eigenvalue weighted by Crippen LogP contribution is -2.48. The molecular formula is C15H23N3OS. The molecule has 20 heavy (non-hydrogen) atoms. The maximum atomic E-state index is 11.8. The zero-order valence-corrected chi connectivity index (χ0v) is 13.4. The highest BCUT2D eigenvalue weighted by molar-refractivity contribution is 7.80. The minimum Gasteiger partial charge on any atom is -0.358 e. The molecule has 0 aliphatic rings. The lowest BCUT2D eigenvalue weighted by atomic mass is 10.1. The predicted molar refractivity (Wildman–Crippen MR) is 86.4 cm³/mol. The van der Waals surface area contributed by atoms with Gasteiger partial charge in [-0.3, -0.25) is 4.79 Å². The van der Waals surface area contributed by atoms with Crippen molar-refractivity contribution in [3.05, 3.63) is 35.9 Å². The average Bonchev–Trinajstić information content (AvgIpc) is 2.34. The van der Waals surface area contributed by atoms with Gasteiger partial charge in [-0.1, -0.05) is 30.3 Å². The number of rotatable bonds is 4. The molecule has 0 spiro atoms. The summed E-state index contributed by atoms with van der Waals surface area (Å²) >= 11 is 5.27. The van der Waals surface area contributed by atoms with Crippen LogP contribution in [0.15, 0.2) is 30.3 Å². The molecule has 1 rings (SSSR count). The summed E-state index contributed by atoms with van der Waals surface area (Å²) in [4.78, 5) is 13.5. The number of thiocarbonyl (C=S) groups is 1. The Morgan fingerprint density at radius 1 is 1.25 bits per heavy atom. The topological polar surface area (TPSA) is 44.4 Å². The second kappa shape index (κ2) is 7.24. The average molecular weight is 293 g/mol. The van der Waals surface area contributed by atoms with Crippen LogP contribution in [0.4, 0.5) is 0 Å². The third-order valence-corrected chi connectivity index (χ3v) is 2.98. The number of likely N-dealkylation sites (N-methyl/N-ethyl adjacent to an activating group) is 1. The van der Waals surface area contributed by atoms with Crippen molar-refractivity contribution in [3.63, 3.8) is 0 Å². The highest BCUT2D eigenvalue weighted by atomic mass is 32.1. The SMILES string of the molecule is CN(CC(=O)NC(C)(C)C)C(=S)NCc1ccccc1. The minimum atomic E-state index is -0.225. The molecule has 0 aromatic heterocycles. The Hall–Kier alpha value is -1.62. The molecule has 0 saturated heterocycles. The number of hydrogen-bond donors (Lipinski definition) is 2. The second-order valence-corrected chi connectivity index (χ2v) is 6.19. The molecule has 4 nitrogen and oxygen atoms in total. The molecule has 0 heterocycles. The molecular weight excluding hydrogens is 270 g/mol. The fourth-order valence-electron chi connectivity index (χ4n) is 1.65. The molecule has 1 aromatic carbocycles. The van der Waals surface area contributed by atoms with Crippen LogP contribution in [0.2, 0.25) is 0 Å². The molecule has 0 atom stereocenters. The first-order chi connectivity index (χ1) is 9.28. The number of carbonyl (C=O) groups excluding carboxylic acids is 1. The predicted octanol–water partition coefficient (Wildman–Crippen LogP) is 1.91. The summed E-state index contributed by atoms with van der Waals surface area (Å²) in [5.41, 5.74) is 0.930. The third kappa shape index (κ3) is 6.52. The first-order valence-electron chi connectivity index (χ1n) is 6.62. The van der Waals surface area contributed by atoms with Crippen LogP contribution in [0.5, 0.6) is 0 Å². The van der Waals surface area contributed by atoms with E-state index in [2.05, 4.69) is 10.6 Å². The van der Waals surface area contributed by atoms with E-state index in [1.165, 1.54) is 0 Å². The van der Waals surface area contributed by atoms with Crippen LogP contribution in [-0.2, 0) is 11.3 Å². The third-order valence-electron chi connectivity index (χ3n) is 2.53. The van der Waals surface area contributed by atoms with Gasteiger partial charge in [0.25, 0.3) is 0 Å². The minimum absolute atomic E-state index is 0.0381. The van der Waals surface area contributed by atoms with E-state index >= 15 is 0 Å². The van der Waals surface area contributed by atoms with E-state index in [-0.39, 0.29) is 18.0 Å². The van der Waals surface area contributed by atoms with E-state index in [0.717, 1.165) is 5.56 Å². The van der Waals surface area contributed by atoms with Crippen molar-refractivity contribution in [1.82, 2.24) is 15.5 Å². The molecule has 0 aliphatic carbocycles. The van der Waals surface area contributed by atoms with Crippen LogP contribution in [0, 0.1) is 0 Å². The van der Waals surface area contributed by atoms with Crippen molar-refractivity contribution in [2.24, 2.45) is 0 Å². The molecule has 1 amide bonds. The monoisotopic (exact) mass is 293 g/mol. The van der Waals surface area contributed by atoms with Crippen LogP contribution in [0.3, 0.4) is 0 Å². The van der Waals surface area contributed by atoms with Crippen LogP contribution < -0.4 is 10.6 Å². The second-order valence-electron chi connectivity index (χ2n) is 5.80. The molecule has 0 aliphatic heterocycles. The Kier molecular flexibility index (Phi) is 5.95. The molecule has 1 aromatic rings. The molecule has 5 heteroatoms. The number of nitrogens with one attached hydrogen (secondary N) is 2. The summed E-state index contributed by atoms with van der Waals surface area (Å²) in [5, 5.41) is 6.62. The molecule has 2 N–H and O–H groups in total. The first kappa shape index (κ1) is 16.4. The highest BCUT2D eigenvalue weighted by Gasteiger charge is 2.16. The zero-order valence-electron chi connectivity index (χ0n) is 12.6. The van der Waals surface area contributed by atoms with Gasteiger partial charge < -0.3 is 15.5 Å². The number of amides is 1. The molecule has 0 fully saturated rings. The van der Waals surface area contributed by atoms with Gasteiger partial charge in [-0.2, -0.15) is 0 Å². The fraction of sp³-hybridized carbons (Fsp3) is 0.467. The van der Waals surface area contributed by atoms with Crippen molar-refractivity contribution in [1.29, 1.82) is 0 Å². The Balaban J connectivity index is 2.38. The molecule has 0 bridgehead atoms. The largest absolute Gasteiger partial charge is 0.358 e. The van der Waals surface area contributed by atoms with Gasteiger partial charge in [-0.05, 0) is 38.6 Å². The normalized spacial score (nSPS) is 10.8. The van der Waals surface area contributed by atoms with Crippen LogP contribution in [0.1, 0.15) is 26.3 Å². The van der Waals surface area contributed by atoms with E-state index in [1.54, 1.807) is 4.90 Å². The summed E-state index contributed by atoms with van der Waals surface area (Å²) in [6.07, 6.45) is 0. The van der Waals surface area contributed by atoms with Crippen molar-refractivity contribution in [2.45, 2.75) is 32.9 Å². The van der Waals surface area contributed by atoms with E-state index in [1.807, 2.05) is 58.2 Å². The number of carbonyl (C=O) groups is 1. The van der Waals surface area contributed by atoms with Crippen LogP contribution in [0.25, 0.3) is 0 Å². The Bertz CT molecular complexity index is 454. The lowest BCUT2D eigenvalue weighted by Gasteiger charge is -2.25.